The standard InChI is InChI=1S/C18H11BrFNO/c19-15-9-13-14(11-5-1-2-6-12(11)15)10-21(18(13)22)17-8-4-3-7-16(17)20/h1-9H,10H2. The van der Waals surface area contributed by atoms with Crippen molar-refractivity contribution in [1.29, 1.82) is 0 Å². The van der Waals surface area contributed by atoms with Crippen molar-refractivity contribution in [2.45, 2.75) is 6.54 Å². The van der Waals surface area contributed by atoms with Crippen molar-refractivity contribution in [2.75, 3.05) is 4.90 Å². The number of benzene rings is 3. The molecule has 3 aromatic rings. The number of amides is 1. The van der Waals surface area contributed by atoms with Crippen molar-refractivity contribution in [3.63, 3.8) is 0 Å². The number of anilines is 1. The number of hydrogen-bond donors (Lipinski definition) is 0. The van der Waals surface area contributed by atoms with Gasteiger partial charge in [0.2, 0.25) is 0 Å². The fraction of sp³-hybridized carbons (Fsp3) is 0.0556. The first-order valence-corrected chi connectivity index (χ1v) is 7.72. The first-order chi connectivity index (χ1) is 10.7. The zero-order valence-corrected chi connectivity index (χ0v) is 13.1. The van der Waals surface area contributed by atoms with E-state index in [9.17, 15) is 9.18 Å². The first-order valence-electron chi connectivity index (χ1n) is 6.93. The van der Waals surface area contributed by atoms with Gasteiger partial charge in [-0.15, -0.1) is 0 Å². The molecule has 0 saturated carbocycles. The van der Waals surface area contributed by atoms with Crippen LogP contribution in [-0.4, -0.2) is 5.91 Å². The van der Waals surface area contributed by atoms with E-state index in [4.69, 9.17) is 0 Å². The number of nitrogens with zero attached hydrogens (tertiary/aromatic N) is 1. The second-order valence-electron chi connectivity index (χ2n) is 5.27. The Balaban J connectivity index is 1.92. The Bertz CT molecular complexity index is 922. The highest BCUT2D eigenvalue weighted by Gasteiger charge is 2.31. The van der Waals surface area contributed by atoms with Gasteiger partial charge in [0.25, 0.3) is 5.91 Å². The van der Waals surface area contributed by atoms with Crippen LogP contribution in [0.1, 0.15) is 15.9 Å². The molecule has 4 rings (SSSR count). The Morgan fingerprint density at radius 1 is 1.00 bits per heavy atom. The summed E-state index contributed by atoms with van der Waals surface area (Å²) in [5.74, 6) is -0.543. The van der Waals surface area contributed by atoms with Crippen LogP contribution in [0.2, 0.25) is 0 Å². The van der Waals surface area contributed by atoms with Crippen molar-refractivity contribution < 1.29 is 9.18 Å². The first kappa shape index (κ1) is 13.5. The second kappa shape index (κ2) is 4.92. The molecular formula is C18H11BrFNO. The van der Waals surface area contributed by atoms with Gasteiger partial charge in [0.15, 0.2) is 0 Å². The van der Waals surface area contributed by atoms with Gasteiger partial charge in [-0.1, -0.05) is 52.3 Å². The molecule has 1 amide bonds. The summed E-state index contributed by atoms with van der Waals surface area (Å²) in [6.07, 6.45) is 0. The highest BCUT2D eigenvalue weighted by molar-refractivity contribution is 9.10. The number of carbonyl (C=O) groups is 1. The van der Waals surface area contributed by atoms with E-state index < -0.39 is 0 Å². The van der Waals surface area contributed by atoms with Gasteiger partial charge >= 0.3 is 0 Å². The molecule has 2 nitrogen and oxygen atoms in total. The van der Waals surface area contributed by atoms with Gasteiger partial charge in [-0.25, -0.2) is 4.39 Å². The Morgan fingerprint density at radius 3 is 2.45 bits per heavy atom. The molecule has 108 valence electrons. The van der Waals surface area contributed by atoms with Crippen molar-refractivity contribution >= 4 is 38.3 Å². The number of rotatable bonds is 1. The number of carbonyl (C=O) groups excluding carboxylic acids is 1. The van der Waals surface area contributed by atoms with E-state index in [2.05, 4.69) is 15.9 Å². The largest absolute Gasteiger partial charge is 0.301 e. The summed E-state index contributed by atoms with van der Waals surface area (Å²) in [6, 6.07) is 16.1. The minimum absolute atomic E-state index is 0.161. The SMILES string of the molecule is O=C1c2cc(Br)c3ccccc3c2CN1c1ccccc1F. The zero-order chi connectivity index (χ0) is 15.3. The smallest absolute Gasteiger partial charge is 0.259 e. The number of para-hydroxylation sites is 1. The molecule has 0 N–H and O–H groups in total. The molecule has 22 heavy (non-hydrogen) atoms. The predicted molar refractivity (Wildman–Crippen MR) is 88.6 cm³/mol. The van der Waals surface area contributed by atoms with Gasteiger partial charge in [-0.3, -0.25) is 4.79 Å². The number of fused-ring (bicyclic) bond motifs is 3. The van der Waals surface area contributed by atoms with Crippen LogP contribution < -0.4 is 4.90 Å². The van der Waals surface area contributed by atoms with Crippen molar-refractivity contribution in [2.24, 2.45) is 0 Å². The fourth-order valence-corrected chi connectivity index (χ4v) is 3.57. The summed E-state index contributed by atoms with van der Waals surface area (Å²) < 4.78 is 14.9. The molecule has 0 radical (unpaired) electrons. The van der Waals surface area contributed by atoms with Crippen LogP contribution in [0.25, 0.3) is 10.8 Å². The van der Waals surface area contributed by atoms with E-state index in [0.717, 1.165) is 20.8 Å². The third-order valence-electron chi connectivity index (χ3n) is 4.04. The molecule has 0 aromatic heterocycles. The second-order valence-corrected chi connectivity index (χ2v) is 6.13. The molecule has 1 aliphatic rings. The van der Waals surface area contributed by atoms with Crippen molar-refractivity contribution in [3.05, 3.63) is 76.0 Å². The number of halogens is 2. The highest BCUT2D eigenvalue weighted by atomic mass is 79.9. The number of hydrogen-bond acceptors (Lipinski definition) is 1. The van der Waals surface area contributed by atoms with E-state index in [-0.39, 0.29) is 11.7 Å². The minimum atomic E-state index is -0.382. The van der Waals surface area contributed by atoms with E-state index >= 15 is 0 Å². The van der Waals surface area contributed by atoms with Crippen LogP contribution in [0.5, 0.6) is 0 Å². The lowest BCUT2D eigenvalue weighted by molar-refractivity contribution is 0.0996. The van der Waals surface area contributed by atoms with Gasteiger partial charge in [-0.05, 0) is 34.5 Å². The lowest BCUT2D eigenvalue weighted by Crippen LogP contribution is -2.23. The van der Waals surface area contributed by atoms with Crippen LogP contribution in [0, 0.1) is 5.82 Å². The highest BCUT2D eigenvalue weighted by Crippen LogP contribution is 2.37. The Kier molecular flexibility index (Phi) is 3.01. The van der Waals surface area contributed by atoms with Gasteiger partial charge < -0.3 is 4.90 Å². The lowest BCUT2D eigenvalue weighted by Gasteiger charge is -2.16. The Morgan fingerprint density at radius 2 is 1.68 bits per heavy atom. The molecule has 0 atom stereocenters. The maximum Gasteiger partial charge on any atom is 0.259 e. The van der Waals surface area contributed by atoms with E-state index in [0.29, 0.717) is 17.8 Å². The predicted octanol–water partition coefficient (Wildman–Crippen LogP) is 4.90. The van der Waals surface area contributed by atoms with E-state index in [1.54, 1.807) is 18.2 Å². The van der Waals surface area contributed by atoms with Gasteiger partial charge in [0.1, 0.15) is 5.82 Å². The van der Waals surface area contributed by atoms with Crippen molar-refractivity contribution in [1.82, 2.24) is 0 Å². The average molecular weight is 356 g/mol. The van der Waals surface area contributed by atoms with Crippen LogP contribution in [0.3, 0.4) is 0 Å². The molecule has 0 unspecified atom stereocenters. The third kappa shape index (κ3) is 1.87. The molecule has 0 aliphatic carbocycles. The zero-order valence-electron chi connectivity index (χ0n) is 11.5. The topological polar surface area (TPSA) is 20.3 Å². The molecular weight excluding hydrogens is 345 g/mol. The molecule has 1 aliphatic heterocycles. The maximum absolute atomic E-state index is 14.0. The van der Waals surface area contributed by atoms with Crippen LogP contribution >= 0.6 is 15.9 Å². The van der Waals surface area contributed by atoms with Crippen LogP contribution in [-0.2, 0) is 6.54 Å². The van der Waals surface area contributed by atoms with Crippen LogP contribution in [0.4, 0.5) is 10.1 Å². The minimum Gasteiger partial charge on any atom is -0.301 e. The summed E-state index contributed by atoms with van der Waals surface area (Å²) in [5, 5.41) is 2.09. The quantitative estimate of drug-likeness (QED) is 0.607. The Hall–Kier alpha value is -2.20. The fourth-order valence-electron chi connectivity index (χ4n) is 2.99. The summed E-state index contributed by atoms with van der Waals surface area (Å²) in [4.78, 5) is 14.2. The normalized spacial score (nSPS) is 13.7. The molecule has 1 heterocycles. The molecule has 0 fully saturated rings. The summed E-state index contributed by atoms with van der Waals surface area (Å²) >= 11 is 3.52. The summed E-state index contributed by atoms with van der Waals surface area (Å²) in [5.41, 5.74) is 1.91. The molecule has 0 saturated heterocycles. The molecule has 0 bridgehead atoms. The molecule has 4 heteroatoms. The molecule has 3 aromatic carbocycles. The monoisotopic (exact) mass is 355 g/mol. The van der Waals surface area contributed by atoms with Gasteiger partial charge in [0, 0.05) is 10.0 Å². The third-order valence-corrected chi connectivity index (χ3v) is 4.70. The van der Waals surface area contributed by atoms with E-state index in [1.165, 1.54) is 11.0 Å². The maximum atomic E-state index is 14.0. The van der Waals surface area contributed by atoms with E-state index in [1.807, 2.05) is 30.3 Å². The average Bonchev–Trinajstić information content (AvgIpc) is 2.86. The summed E-state index contributed by atoms with van der Waals surface area (Å²) in [7, 11) is 0. The lowest BCUT2D eigenvalue weighted by atomic mass is 10.0. The van der Waals surface area contributed by atoms with Crippen molar-refractivity contribution in [3.8, 4) is 0 Å². The van der Waals surface area contributed by atoms with Crippen LogP contribution in [0.15, 0.2) is 59.1 Å². The molecule has 0 spiro atoms. The Labute approximate surface area is 135 Å². The van der Waals surface area contributed by atoms with Gasteiger partial charge in [0.05, 0.1) is 12.2 Å². The van der Waals surface area contributed by atoms with Gasteiger partial charge in [-0.2, -0.15) is 0 Å². The summed E-state index contributed by atoms with van der Waals surface area (Å²) in [6.45, 7) is 0.392.